The minimum absolute atomic E-state index is 1.19. The Morgan fingerprint density at radius 2 is 1.21 bits per heavy atom. The van der Waals surface area contributed by atoms with Crippen molar-refractivity contribution >= 4 is 49.8 Å². The molecular formula is C17H14IN. The highest BCUT2D eigenvalue weighted by Crippen LogP contribution is 2.40. The smallest absolute Gasteiger partial charge is 0.0526 e. The van der Waals surface area contributed by atoms with Gasteiger partial charge in [0.1, 0.15) is 0 Å². The van der Waals surface area contributed by atoms with Crippen LogP contribution in [0.5, 0.6) is 0 Å². The zero-order valence-corrected chi connectivity index (χ0v) is 12.7. The van der Waals surface area contributed by atoms with Crippen molar-refractivity contribution in [1.82, 2.24) is 0 Å². The van der Waals surface area contributed by atoms with E-state index in [9.17, 15) is 0 Å². The van der Waals surface area contributed by atoms with Gasteiger partial charge in [-0.3, -0.25) is 0 Å². The Labute approximate surface area is 126 Å². The summed E-state index contributed by atoms with van der Waals surface area (Å²) in [5.74, 6) is 0. The zero-order chi connectivity index (χ0) is 12.8. The lowest BCUT2D eigenvalue weighted by molar-refractivity contribution is 0.622. The molecular weight excluding hydrogens is 345 g/mol. The van der Waals surface area contributed by atoms with Crippen molar-refractivity contribution in [1.29, 1.82) is 0 Å². The number of hydrogen-bond donors (Lipinski definition) is 0. The van der Waals surface area contributed by atoms with Crippen LogP contribution in [0.4, 0.5) is 5.69 Å². The van der Waals surface area contributed by atoms with Crippen molar-refractivity contribution in [2.45, 2.75) is 6.42 Å². The monoisotopic (exact) mass is 359 g/mol. The van der Waals surface area contributed by atoms with Crippen LogP contribution in [0, 0.1) is 3.57 Å². The molecule has 0 aliphatic carbocycles. The number of nitrogens with zero attached hydrogens (tertiary/aromatic N) is 1. The third kappa shape index (κ3) is 1.66. The van der Waals surface area contributed by atoms with Gasteiger partial charge in [-0.05, 0) is 39.8 Å². The fourth-order valence-corrected chi connectivity index (χ4v) is 3.87. The summed E-state index contributed by atoms with van der Waals surface area (Å²) >= 11 is 2.49. The van der Waals surface area contributed by atoms with E-state index in [1.54, 1.807) is 0 Å². The van der Waals surface area contributed by atoms with E-state index in [1.807, 2.05) is 0 Å². The molecule has 1 aliphatic rings. The maximum Gasteiger partial charge on any atom is 0.0526 e. The number of benzene rings is 3. The Morgan fingerprint density at radius 3 is 1.63 bits per heavy atom. The van der Waals surface area contributed by atoms with Gasteiger partial charge < -0.3 is 4.90 Å². The maximum atomic E-state index is 2.51. The second-order valence-corrected chi connectivity index (χ2v) is 6.17. The van der Waals surface area contributed by atoms with Gasteiger partial charge in [-0.25, -0.2) is 0 Å². The van der Waals surface area contributed by atoms with Gasteiger partial charge in [0.05, 0.1) is 5.69 Å². The first-order chi connectivity index (χ1) is 9.36. The quantitative estimate of drug-likeness (QED) is 0.445. The van der Waals surface area contributed by atoms with E-state index in [-0.39, 0.29) is 0 Å². The summed E-state index contributed by atoms with van der Waals surface area (Å²) in [7, 11) is 0. The molecule has 0 radical (unpaired) electrons. The third-order valence-electron chi connectivity index (χ3n) is 4.01. The standard InChI is InChI=1S/C17H14IN/c18-16-12-6-1-3-8-14(12)17(19-10-5-11-19)15-9-4-2-7-13(15)16/h1-4,6-9H,5,10-11H2. The first kappa shape index (κ1) is 11.5. The normalized spacial score (nSPS) is 14.9. The molecule has 4 rings (SSSR count). The molecule has 0 amide bonds. The number of anilines is 1. The summed E-state index contributed by atoms with van der Waals surface area (Å²) in [5.41, 5.74) is 1.43. The molecule has 1 heterocycles. The Hall–Kier alpha value is -1.29. The van der Waals surface area contributed by atoms with Crippen LogP contribution in [0.1, 0.15) is 6.42 Å². The number of rotatable bonds is 1. The SMILES string of the molecule is Ic1c2ccccc2c(N2CCC2)c2ccccc12. The molecule has 0 N–H and O–H groups in total. The van der Waals surface area contributed by atoms with Gasteiger partial charge in [0.25, 0.3) is 0 Å². The molecule has 0 spiro atoms. The molecule has 0 saturated carbocycles. The lowest BCUT2D eigenvalue weighted by atomic mass is 9.98. The second-order valence-electron chi connectivity index (χ2n) is 5.09. The highest BCUT2D eigenvalue weighted by Gasteiger charge is 2.21. The van der Waals surface area contributed by atoms with Crippen LogP contribution in [0.25, 0.3) is 21.5 Å². The largest absolute Gasteiger partial charge is 0.370 e. The highest BCUT2D eigenvalue weighted by molar-refractivity contribution is 14.1. The first-order valence-electron chi connectivity index (χ1n) is 6.70. The first-order valence-corrected chi connectivity index (χ1v) is 7.78. The van der Waals surface area contributed by atoms with Crippen LogP contribution in [-0.4, -0.2) is 13.1 Å². The Bertz CT molecular complexity index is 718. The predicted molar refractivity (Wildman–Crippen MR) is 91.0 cm³/mol. The van der Waals surface area contributed by atoms with Crippen molar-refractivity contribution in [3.63, 3.8) is 0 Å². The summed E-state index contributed by atoms with van der Waals surface area (Å²) in [6.45, 7) is 2.38. The van der Waals surface area contributed by atoms with Crippen LogP contribution in [0.3, 0.4) is 0 Å². The topological polar surface area (TPSA) is 3.24 Å². The highest BCUT2D eigenvalue weighted by atomic mass is 127. The average Bonchev–Trinajstić information content (AvgIpc) is 2.41. The second kappa shape index (κ2) is 4.37. The van der Waals surface area contributed by atoms with Crippen LogP contribution >= 0.6 is 22.6 Å². The van der Waals surface area contributed by atoms with Crippen molar-refractivity contribution in [3.8, 4) is 0 Å². The fraction of sp³-hybridized carbons (Fsp3) is 0.176. The maximum absolute atomic E-state index is 2.51. The predicted octanol–water partition coefficient (Wildman–Crippen LogP) is 4.81. The lowest BCUT2D eigenvalue weighted by Crippen LogP contribution is -2.37. The number of fused-ring (bicyclic) bond motifs is 2. The van der Waals surface area contributed by atoms with E-state index < -0.39 is 0 Å². The minimum atomic E-state index is 1.19. The summed E-state index contributed by atoms with van der Waals surface area (Å²) in [6.07, 6.45) is 1.31. The molecule has 0 aromatic heterocycles. The van der Waals surface area contributed by atoms with Crippen LogP contribution in [0.15, 0.2) is 48.5 Å². The van der Waals surface area contributed by atoms with Crippen molar-refractivity contribution < 1.29 is 0 Å². The van der Waals surface area contributed by atoms with E-state index in [4.69, 9.17) is 0 Å². The summed E-state index contributed by atoms with van der Waals surface area (Å²) in [6, 6.07) is 17.6. The van der Waals surface area contributed by atoms with E-state index in [0.29, 0.717) is 0 Å². The molecule has 0 unspecified atom stereocenters. The van der Waals surface area contributed by atoms with Crippen molar-refractivity contribution in [2.75, 3.05) is 18.0 Å². The zero-order valence-electron chi connectivity index (χ0n) is 10.6. The molecule has 1 aliphatic heterocycles. The van der Waals surface area contributed by atoms with Crippen molar-refractivity contribution in [3.05, 3.63) is 52.1 Å². The molecule has 0 atom stereocenters. The van der Waals surface area contributed by atoms with Gasteiger partial charge >= 0.3 is 0 Å². The van der Waals surface area contributed by atoms with Crippen LogP contribution in [-0.2, 0) is 0 Å². The molecule has 1 saturated heterocycles. The molecule has 2 heteroatoms. The van der Waals surface area contributed by atoms with Gasteiger partial charge in [0, 0.05) is 27.4 Å². The van der Waals surface area contributed by atoms with Gasteiger partial charge in [0.2, 0.25) is 0 Å². The summed E-state index contributed by atoms with van der Waals surface area (Å²) in [5, 5.41) is 5.54. The van der Waals surface area contributed by atoms with E-state index in [2.05, 4.69) is 76.0 Å². The van der Waals surface area contributed by atoms with Crippen LogP contribution < -0.4 is 4.90 Å². The third-order valence-corrected chi connectivity index (χ3v) is 5.17. The average molecular weight is 359 g/mol. The van der Waals surface area contributed by atoms with Gasteiger partial charge in [0.15, 0.2) is 0 Å². The number of halogens is 1. The molecule has 94 valence electrons. The Balaban J connectivity index is 2.22. The van der Waals surface area contributed by atoms with Crippen molar-refractivity contribution in [2.24, 2.45) is 0 Å². The number of hydrogen-bond acceptors (Lipinski definition) is 1. The Morgan fingerprint density at radius 1 is 0.737 bits per heavy atom. The summed E-state index contributed by atoms with van der Waals surface area (Å²) in [4.78, 5) is 2.51. The summed E-state index contributed by atoms with van der Waals surface area (Å²) < 4.78 is 1.37. The van der Waals surface area contributed by atoms with E-state index in [1.165, 1.54) is 50.3 Å². The molecule has 19 heavy (non-hydrogen) atoms. The van der Waals surface area contributed by atoms with E-state index in [0.717, 1.165) is 0 Å². The molecule has 0 bridgehead atoms. The molecule has 1 nitrogen and oxygen atoms in total. The minimum Gasteiger partial charge on any atom is -0.370 e. The van der Waals surface area contributed by atoms with Gasteiger partial charge in [-0.1, -0.05) is 48.5 Å². The van der Waals surface area contributed by atoms with Crippen LogP contribution in [0.2, 0.25) is 0 Å². The molecule has 1 fully saturated rings. The molecule has 3 aromatic carbocycles. The fourth-order valence-electron chi connectivity index (χ4n) is 2.93. The lowest BCUT2D eigenvalue weighted by Gasteiger charge is -2.35. The Kier molecular flexibility index (Phi) is 2.65. The van der Waals surface area contributed by atoms with Gasteiger partial charge in [-0.15, -0.1) is 0 Å². The molecule has 3 aromatic rings. The van der Waals surface area contributed by atoms with Gasteiger partial charge in [-0.2, -0.15) is 0 Å². The van der Waals surface area contributed by atoms with E-state index >= 15 is 0 Å².